The Balaban J connectivity index is 1.55. The predicted octanol–water partition coefficient (Wildman–Crippen LogP) is 2.80. The van der Waals surface area contributed by atoms with E-state index in [9.17, 15) is 13.2 Å². The number of amides is 1. The van der Waals surface area contributed by atoms with Crippen molar-refractivity contribution < 1.29 is 17.9 Å². The number of methoxy groups -OCH3 is 1. The first kappa shape index (κ1) is 20.4. The molecule has 28 heavy (non-hydrogen) atoms. The van der Waals surface area contributed by atoms with Gasteiger partial charge in [-0.3, -0.25) is 4.79 Å². The maximum absolute atomic E-state index is 12.5. The highest BCUT2D eigenvalue weighted by Gasteiger charge is 2.24. The molecule has 1 amide bonds. The van der Waals surface area contributed by atoms with Gasteiger partial charge in [-0.25, -0.2) is 13.1 Å². The van der Waals surface area contributed by atoms with E-state index in [4.69, 9.17) is 4.74 Å². The number of rotatable bonds is 7. The van der Waals surface area contributed by atoms with Crippen LogP contribution in [0.1, 0.15) is 24.8 Å². The van der Waals surface area contributed by atoms with Gasteiger partial charge in [-0.1, -0.05) is 30.3 Å². The van der Waals surface area contributed by atoms with Crippen molar-refractivity contribution in [1.29, 1.82) is 0 Å². The van der Waals surface area contributed by atoms with Gasteiger partial charge in [0.1, 0.15) is 5.75 Å². The molecule has 0 aliphatic carbocycles. The Kier molecular flexibility index (Phi) is 6.70. The molecule has 1 aliphatic heterocycles. The zero-order chi connectivity index (χ0) is 20.0. The van der Waals surface area contributed by atoms with E-state index in [-0.39, 0.29) is 16.7 Å². The van der Waals surface area contributed by atoms with Crippen molar-refractivity contribution in [2.45, 2.75) is 30.7 Å². The molecule has 1 aliphatic rings. The van der Waals surface area contributed by atoms with E-state index < -0.39 is 10.0 Å². The topological polar surface area (TPSA) is 75.7 Å². The number of carbonyl (C=O) groups is 1. The Morgan fingerprint density at radius 1 is 1.07 bits per heavy atom. The highest BCUT2D eigenvalue weighted by molar-refractivity contribution is 7.89. The van der Waals surface area contributed by atoms with Crippen LogP contribution in [0.25, 0.3) is 0 Å². The lowest BCUT2D eigenvalue weighted by Crippen LogP contribution is -2.31. The van der Waals surface area contributed by atoms with Gasteiger partial charge in [0.15, 0.2) is 0 Å². The minimum absolute atomic E-state index is 0.129. The van der Waals surface area contributed by atoms with Gasteiger partial charge in [0, 0.05) is 26.1 Å². The van der Waals surface area contributed by atoms with E-state index in [1.54, 1.807) is 12.1 Å². The Labute approximate surface area is 166 Å². The van der Waals surface area contributed by atoms with Crippen LogP contribution in [0.15, 0.2) is 59.5 Å². The normalized spacial score (nSPS) is 18.0. The zero-order valence-corrected chi connectivity index (χ0v) is 16.8. The molecule has 1 unspecified atom stereocenters. The molecule has 7 heteroatoms. The number of ether oxygens (including phenoxy) is 1. The third-order valence-electron chi connectivity index (χ3n) is 5.07. The molecule has 150 valence electrons. The van der Waals surface area contributed by atoms with Crippen molar-refractivity contribution in [3.05, 3.63) is 60.2 Å². The summed E-state index contributed by atoms with van der Waals surface area (Å²) in [5, 5.41) is 0. The Morgan fingerprint density at radius 2 is 1.79 bits per heavy atom. The van der Waals surface area contributed by atoms with Gasteiger partial charge in [0.25, 0.3) is 0 Å². The van der Waals surface area contributed by atoms with Crippen molar-refractivity contribution in [3.63, 3.8) is 0 Å². The molecule has 0 bridgehead atoms. The summed E-state index contributed by atoms with van der Waals surface area (Å²) in [6.07, 6.45) is 1.92. The molecule has 3 rings (SSSR count). The second-order valence-corrected chi connectivity index (χ2v) is 8.79. The summed E-state index contributed by atoms with van der Waals surface area (Å²) < 4.78 is 32.8. The van der Waals surface area contributed by atoms with E-state index in [1.165, 1.54) is 19.2 Å². The SMILES string of the molecule is COc1ccc(S(=O)(=O)NCC2CCC(=O)N(Cc3ccccc3)CC2)cc1. The number of benzene rings is 2. The van der Waals surface area contributed by atoms with Crippen LogP contribution in [0.2, 0.25) is 0 Å². The molecule has 6 nitrogen and oxygen atoms in total. The van der Waals surface area contributed by atoms with E-state index in [0.717, 1.165) is 12.0 Å². The average Bonchev–Trinajstić information content (AvgIpc) is 2.89. The number of hydrogen-bond donors (Lipinski definition) is 1. The lowest BCUT2D eigenvalue weighted by Gasteiger charge is -2.21. The third-order valence-corrected chi connectivity index (χ3v) is 6.51. The first-order chi connectivity index (χ1) is 13.5. The highest BCUT2D eigenvalue weighted by Crippen LogP contribution is 2.21. The summed E-state index contributed by atoms with van der Waals surface area (Å²) in [4.78, 5) is 14.5. The summed E-state index contributed by atoms with van der Waals surface area (Å²) in [5.41, 5.74) is 1.11. The van der Waals surface area contributed by atoms with E-state index in [0.29, 0.717) is 38.2 Å². The van der Waals surface area contributed by atoms with Crippen LogP contribution >= 0.6 is 0 Å². The first-order valence-corrected chi connectivity index (χ1v) is 10.9. The maximum Gasteiger partial charge on any atom is 0.240 e. The number of carbonyl (C=O) groups excluding carboxylic acids is 1. The average molecular weight is 403 g/mol. The summed E-state index contributed by atoms with van der Waals surface area (Å²) >= 11 is 0. The smallest absolute Gasteiger partial charge is 0.240 e. The minimum atomic E-state index is -3.58. The fraction of sp³-hybridized carbons (Fsp3) is 0.381. The van der Waals surface area contributed by atoms with Gasteiger partial charge >= 0.3 is 0 Å². The van der Waals surface area contributed by atoms with E-state index in [2.05, 4.69) is 4.72 Å². The van der Waals surface area contributed by atoms with Crippen molar-refractivity contribution in [2.75, 3.05) is 20.2 Å². The van der Waals surface area contributed by atoms with Crippen LogP contribution in [0, 0.1) is 5.92 Å². The molecular formula is C21H26N2O4S. The second-order valence-electron chi connectivity index (χ2n) is 7.02. The van der Waals surface area contributed by atoms with Crippen LogP contribution in [-0.4, -0.2) is 39.4 Å². The molecule has 1 fully saturated rings. The van der Waals surface area contributed by atoms with Gasteiger partial charge in [-0.15, -0.1) is 0 Å². The van der Waals surface area contributed by atoms with Crippen LogP contribution < -0.4 is 9.46 Å². The molecule has 2 aromatic rings. The number of nitrogens with zero attached hydrogens (tertiary/aromatic N) is 1. The fourth-order valence-electron chi connectivity index (χ4n) is 3.33. The molecule has 1 N–H and O–H groups in total. The van der Waals surface area contributed by atoms with Gasteiger partial charge in [0.05, 0.1) is 12.0 Å². The fourth-order valence-corrected chi connectivity index (χ4v) is 4.45. The van der Waals surface area contributed by atoms with Crippen molar-refractivity contribution in [3.8, 4) is 5.75 Å². The first-order valence-electron chi connectivity index (χ1n) is 9.43. The number of hydrogen-bond acceptors (Lipinski definition) is 4. The molecule has 2 aromatic carbocycles. The molecule has 0 spiro atoms. The molecule has 0 saturated carbocycles. The lowest BCUT2D eigenvalue weighted by molar-refractivity contribution is -0.131. The molecule has 0 aromatic heterocycles. The molecule has 1 saturated heterocycles. The van der Waals surface area contributed by atoms with Gasteiger partial charge in [-0.2, -0.15) is 0 Å². The molecule has 1 atom stereocenters. The predicted molar refractivity (Wildman–Crippen MR) is 107 cm³/mol. The van der Waals surface area contributed by atoms with Crippen LogP contribution in [0.3, 0.4) is 0 Å². The number of nitrogens with one attached hydrogen (secondary N) is 1. The van der Waals surface area contributed by atoms with Crippen molar-refractivity contribution >= 4 is 15.9 Å². The standard InChI is InChI=1S/C21H26N2O4S/c1-27-19-8-10-20(11-9-19)28(25,26)22-15-17-7-12-21(24)23(14-13-17)16-18-5-3-2-4-6-18/h2-6,8-11,17,22H,7,12-16H2,1H3. The number of likely N-dealkylation sites (tertiary alicyclic amines) is 1. The Hall–Kier alpha value is -2.38. The Morgan fingerprint density at radius 3 is 2.46 bits per heavy atom. The maximum atomic E-state index is 12.5. The van der Waals surface area contributed by atoms with Crippen molar-refractivity contribution in [2.24, 2.45) is 5.92 Å². The Bertz CT molecular complexity index is 882. The second kappa shape index (κ2) is 9.21. The summed E-state index contributed by atoms with van der Waals surface area (Å²) in [7, 11) is -2.04. The van der Waals surface area contributed by atoms with E-state index >= 15 is 0 Å². The summed E-state index contributed by atoms with van der Waals surface area (Å²) in [5.74, 6) is 0.877. The van der Waals surface area contributed by atoms with Crippen molar-refractivity contribution in [1.82, 2.24) is 9.62 Å². The zero-order valence-electron chi connectivity index (χ0n) is 16.0. The number of sulfonamides is 1. The molecule has 0 radical (unpaired) electrons. The lowest BCUT2D eigenvalue weighted by atomic mass is 10.0. The van der Waals surface area contributed by atoms with Crippen LogP contribution in [0.5, 0.6) is 5.75 Å². The third kappa shape index (κ3) is 5.33. The largest absolute Gasteiger partial charge is 0.497 e. The van der Waals surface area contributed by atoms with Gasteiger partial charge in [0.2, 0.25) is 15.9 Å². The quantitative estimate of drug-likeness (QED) is 0.773. The summed E-state index contributed by atoms with van der Waals surface area (Å²) in [6, 6.07) is 16.2. The molecular weight excluding hydrogens is 376 g/mol. The van der Waals surface area contributed by atoms with Crippen LogP contribution in [-0.2, 0) is 21.4 Å². The minimum Gasteiger partial charge on any atom is -0.497 e. The van der Waals surface area contributed by atoms with E-state index in [1.807, 2.05) is 35.2 Å². The molecule has 1 heterocycles. The summed E-state index contributed by atoms with van der Waals surface area (Å²) in [6.45, 7) is 1.58. The highest BCUT2D eigenvalue weighted by atomic mass is 32.2. The van der Waals surface area contributed by atoms with Crippen LogP contribution in [0.4, 0.5) is 0 Å². The monoisotopic (exact) mass is 402 g/mol. The van der Waals surface area contributed by atoms with Gasteiger partial charge in [-0.05, 0) is 48.6 Å². The van der Waals surface area contributed by atoms with Gasteiger partial charge < -0.3 is 9.64 Å².